The third-order valence-electron chi connectivity index (χ3n) is 2.36. The summed E-state index contributed by atoms with van der Waals surface area (Å²) in [6, 6.07) is 3.55. The normalized spacial score (nSPS) is 17.0. The van der Waals surface area contributed by atoms with Gasteiger partial charge in [0.05, 0.1) is 13.2 Å². The largest absolute Gasteiger partial charge is 0.490 e. The molecule has 0 bridgehead atoms. The van der Waals surface area contributed by atoms with Crippen molar-refractivity contribution in [3.05, 3.63) is 22.7 Å². The zero-order chi connectivity index (χ0) is 10.8. The van der Waals surface area contributed by atoms with Gasteiger partial charge in [-0.1, -0.05) is 11.6 Å². The van der Waals surface area contributed by atoms with E-state index in [4.69, 9.17) is 26.8 Å². The van der Waals surface area contributed by atoms with Gasteiger partial charge >= 0.3 is 0 Å². The molecule has 1 aromatic carbocycles. The molecule has 1 heterocycles. The zero-order valence-electron chi connectivity index (χ0n) is 8.63. The molecule has 0 aromatic heterocycles. The first-order valence-electron chi connectivity index (χ1n) is 5.03. The van der Waals surface area contributed by atoms with Crippen LogP contribution in [0.1, 0.15) is 24.9 Å². The summed E-state index contributed by atoms with van der Waals surface area (Å²) in [5.74, 6) is 1.45. The van der Waals surface area contributed by atoms with Crippen LogP contribution in [0.4, 0.5) is 0 Å². The highest BCUT2D eigenvalue weighted by Gasteiger charge is 2.15. The lowest BCUT2D eigenvalue weighted by Crippen LogP contribution is -2.06. The van der Waals surface area contributed by atoms with Gasteiger partial charge in [-0.05, 0) is 18.6 Å². The van der Waals surface area contributed by atoms with Gasteiger partial charge in [-0.3, -0.25) is 0 Å². The molecule has 82 valence electrons. The van der Waals surface area contributed by atoms with E-state index in [2.05, 4.69) is 0 Å². The van der Waals surface area contributed by atoms with Crippen molar-refractivity contribution in [2.75, 3.05) is 13.2 Å². The number of benzene rings is 1. The highest BCUT2D eigenvalue weighted by atomic mass is 35.5. The molecular weight excluding hydrogens is 214 g/mol. The van der Waals surface area contributed by atoms with Gasteiger partial charge in [-0.15, -0.1) is 0 Å². The second kappa shape index (κ2) is 4.29. The fraction of sp³-hybridized carbons (Fsp3) is 0.455. The first kappa shape index (κ1) is 10.6. The number of fused-ring (bicyclic) bond motifs is 1. The molecule has 1 aliphatic heterocycles. The summed E-state index contributed by atoms with van der Waals surface area (Å²) in [7, 11) is 0. The number of nitrogens with two attached hydrogens (primary N) is 1. The molecule has 0 aliphatic carbocycles. The van der Waals surface area contributed by atoms with E-state index >= 15 is 0 Å². The second-order valence-corrected chi connectivity index (χ2v) is 4.07. The molecule has 15 heavy (non-hydrogen) atoms. The van der Waals surface area contributed by atoms with E-state index in [1.165, 1.54) is 0 Å². The van der Waals surface area contributed by atoms with E-state index in [1.807, 2.05) is 13.0 Å². The maximum absolute atomic E-state index is 6.09. The maximum Gasteiger partial charge on any atom is 0.162 e. The van der Waals surface area contributed by atoms with Gasteiger partial charge in [0.15, 0.2) is 11.5 Å². The van der Waals surface area contributed by atoms with Crippen molar-refractivity contribution >= 4 is 11.6 Å². The van der Waals surface area contributed by atoms with Gasteiger partial charge < -0.3 is 15.2 Å². The van der Waals surface area contributed by atoms with Crippen LogP contribution in [0.15, 0.2) is 12.1 Å². The molecule has 4 heteroatoms. The third-order valence-corrected chi connectivity index (χ3v) is 2.68. The maximum atomic E-state index is 6.09. The predicted molar refractivity (Wildman–Crippen MR) is 59.7 cm³/mol. The Morgan fingerprint density at radius 1 is 1.27 bits per heavy atom. The molecule has 0 spiro atoms. The Morgan fingerprint density at radius 2 is 1.87 bits per heavy atom. The summed E-state index contributed by atoms with van der Waals surface area (Å²) in [6.07, 6.45) is 0.889. The molecule has 0 radical (unpaired) electrons. The quantitative estimate of drug-likeness (QED) is 0.802. The predicted octanol–water partition coefficient (Wildman–Crippen LogP) is 2.52. The van der Waals surface area contributed by atoms with Crippen molar-refractivity contribution in [2.45, 2.75) is 19.4 Å². The van der Waals surface area contributed by atoms with Crippen LogP contribution in [0.5, 0.6) is 11.5 Å². The molecule has 0 amide bonds. The van der Waals surface area contributed by atoms with E-state index in [9.17, 15) is 0 Å². The molecule has 0 saturated carbocycles. The molecule has 1 aliphatic rings. The minimum Gasteiger partial charge on any atom is -0.490 e. The Kier molecular flexibility index (Phi) is 3.03. The second-order valence-electron chi connectivity index (χ2n) is 3.66. The van der Waals surface area contributed by atoms with Crippen LogP contribution in [0.3, 0.4) is 0 Å². The van der Waals surface area contributed by atoms with Crippen LogP contribution in [0.2, 0.25) is 5.02 Å². The number of hydrogen-bond donors (Lipinski definition) is 1. The smallest absolute Gasteiger partial charge is 0.162 e. The number of hydrogen-bond acceptors (Lipinski definition) is 3. The molecule has 1 atom stereocenters. The van der Waals surface area contributed by atoms with E-state index in [1.54, 1.807) is 6.07 Å². The van der Waals surface area contributed by atoms with Gasteiger partial charge in [-0.25, -0.2) is 0 Å². The Hall–Kier alpha value is -0.930. The summed E-state index contributed by atoms with van der Waals surface area (Å²) < 4.78 is 11.1. The van der Waals surface area contributed by atoms with Crippen LogP contribution >= 0.6 is 11.6 Å². The summed E-state index contributed by atoms with van der Waals surface area (Å²) in [5.41, 5.74) is 6.70. The Bertz CT molecular complexity index is 366. The van der Waals surface area contributed by atoms with E-state index in [0.29, 0.717) is 24.0 Å². The van der Waals surface area contributed by atoms with Gasteiger partial charge in [0.2, 0.25) is 0 Å². The lowest BCUT2D eigenvalue weighted by Gasteiger charge is -2.13. The van der Waals surface area contributed by atoms with Gasteiger partial charge in [-0.2, -0.15) is 0 Å². The Balaban J connectivity index is 2.42. The van der Waals surface area contributed by atoms with Gasteiger partial charge in [0, 0.05) is 23.6 Å². The third kappa shape index (κ3) is 2.19. The average Bonchev–Trinajstić information content (AvgIpc) is 2.40. The first-order valence-corrected chi connectivity index (χ1v) is 5.41. The summed E-state index contributed by atoms with van der Waals surface area (Å²) in [6.45, 7) is 3.24. The van der Waals surface area contributed by atoms with Crippen LogP contribution in [-0.2, 0) is 0 Å². The van der Waals surface area contributed by atoms with Crippen molar-refractivity contribution in [3.8, 4) is 11.5 Å². The SMILES string of the molecule is C[C@H](N)c1cc2c(cc1Cl)OCCCO2. The average molecular weight is 228 g/mol. The standard InChI is InChI=1S/C11H14ClNO2/c1-7(13)8-5-10-11(6-9(8)12)15-4-2-3-14-10/h5-7H,2-4,13H2,1H3/t7-/m0/s1. The molecule has 2 rings (SSSR count). The molecule has 2 N–H and O–H groups in total. The van der Waals surface area contributed by atoms with Crippen molar-refractivity contribution in [1.29, 1.82) is 0 Å². The minimum absolute atomic E-state index is 0.102. The Morgan fingerprint density at radius 3 is 2.47 bits per heavy atom. The van der Waals surface area contributed by atoms with E-state index in [-0.39, 0.29) is 6.04 Å². The van der Waals surface area contributed by atoms with Crippen LogP contribution in [0.25, 0.3) is 0 Å². The number of halogens is 1. The van der Waals surface area contributed by atoms with Crippen molar-refractivity contribution in [2.24, 2.45) is 5.73 Å². The van der Waals surface area contributed by atoms with Gasteiger partial charge in [0.25, 0.3) is 0 Å². The zero-order valence-corrected chi connectivity index (χ0v) is 9.38. The van der Waals surface area contributed by atoms with E-state index in [0.717, 1.165) is 17.7 Å². The fourth-order valence-corrected chi connectivity index (χ4v) is 1.87. The lowest BCUT2D eigenvalue weighted by molar-refractivity contribution is 0.297. The Labute approximate surface area is 94.1 Å². The molecular formula is C11H14ClNO2. The van der Waals surface area contributed by atoms with Crippen LogP contribution in [-0.4, -0.2) is 13.2 Å². The molecule has 0 saturated heterocycles. The van der Waals surface area contributed by atoms with E-state index < -0.39 is 0 Å². The monoisotopic (exact) mass is 227 g/mol. The first-order chi connectivity index (χ1) is 7.18. The molecule has 0 fully saturated rings. The molecule has 3 nitrogen and oxygen atoms in total. The van der Waals surface area contributed by atoms with Crippen molar-refractivity contribution in [1.82, 2.24) is 0 Å². The summed E-state index contributed by atoms with van der Waals surface area (Å²) in [5, 5.41) is 0.634. The molecule has 1 aromatic rings. The number of ether oxygens (including phenoxy) is 2. The fourth-order valence-electron chi connectivity index (χ4n) is 1.55. The highest BCUT2D eigenvalue weighted by molar-refractivity contribution is 6.31. The van der Waals surface area contributed by atoms with Crippen LogP contribution in [0, 0.1) is 0 Å². The van der Waals surface area contributed by atoms with Gasteiger partial charge in [0.1, 0.15) is 0 Å². The number of rotatable bonds is 1. The summed E-state index contributed by atoms with van der Waals surface area (Å²) in [4.78, 5) is 0. The highest BCUT2D eigenvalue weighted by Crippen LogP contribution is 2.36. The van der Waals surface area contributed by atoms with Crippen LogP contribution < -0.4 is 15.2 Å². The minimum atomic E-state index is -0.102. The molecule has 0 unspecified atom stereocenters. The lowest BCUT2D eigenvalue weighted by atomic mass is 10.1. The summed E-state index contributed by atoms with van der Waals surface area (Å²) >= 11 is 6.09. The topological polar surface area (TPSA) is 44.5 Å². The van der Waals surface area contributed by atoms with Crippen molar-refractivity contribution < 1.29 is 9.47 Å². The van der Waals surface area contributed by atoms with Crippen molar-refractivity contribution in [3.63, 3.8) is 0 Å².